The first kappa shape index (κ1) is 23.7. The monoisotopic (exact) mass is 343 g/mol. The van der Waals surface area contributed by atoms with Gasteiger partial charge in [-0.15, -0.1) is 0 Å². The van der Waals surface area contributed by atoms with E-state index in [4.69, 9.17) is 16.7 Å². The molecule has 0 saturated carbocycles. The van der Waals surface area contributed by atoms with E-state index in [0.717, 1.165) is 15.9 Å². The van der Waals surface area contributed by atoms with Gasteiger partial charge in [-0.05, 0) is 32.4 Å². The zero-order valence-corrected chi connectivity index (χ0v) is 16.2. The molecule has 1 aromatic carbocycles. The number of fused-ring (bicyclic) bond motifs is 1. The van der Waals surface area contributed by atoms with Crippen molar-refractivity contribution in [2.24, 2.45) is 12.8 Å². The van der Waals surface area contributed by atoms with Crippen LogP contribution in [0.5, 0.6) is 0 Å². The number of hydrogen-bond acceptors (Lipinski definition) is 3. The van der Waals surface area contributed by atoms with Gasteiger partial charge >= 0.3 is 0 Å². The fraction of sp³-hybridized carbons (Fsp3) is 0.529. The molecule has 0 saturated heterocycles. The molecule has 1 aromatic heterocycles. The molecule has 5 nitrogen and oxygen atoms in total. The Morgan fingerprint density at radius 2 is 1.70 bits per heavy atom. The van der Waals surface area contributed by atoms with E-state index < -0.39 is 11.5 Å². The van der Waals surface area contributed by atoms with Crippen LogP contribution in [0.4, 0.5) is 0 Å². The molecule has 1 heterocycles. The van der Waals surface area contributed by atoms with Gasteiger partial charge in [0.15, 0.2) is 0 Å². The minimum atomic E-state index is -1.36. The third-order valence-corrected chi connectivity index (χ3v) is 2.98. The Kier molecular flexibility index (Phi) is 11.3. The number of benzene rings is 1. The van der Waals surface area contributed by atoms with Gasteiger partial charge in [0.2, 0.25) is 5.91 Å². The normalized spacial score (nSPS) is 9.65. The lowest BCUT2D eigenvalue weighted by Crippen LogP contribution is -2.37. The summed E-state index contributed by atoms with van der Waals surface area (Å²) in [6, 6.07) is 3.91. The van der Waals surface area contributed by atoms with Crippen LogP contribution in [0.15, 0.2) is 18.3 Å². The number of carbonyl (C=O) groups excluding carboxylic acids is 1. The van der Waals surface area contributed by atoms with Crippen molar-refractivity contribution < 1.29 is 9.90 Å². The van der Waals surface area contributed by atoms with Crippen molar-refractivity contribution in [2.75, 3.05) is 0 Å². The minimum absolute atomic E-state index is 0.701. The summed E-state index contributed by atoms with van der Waals surface area (Å²) in [7, 11) is 1.92. The van der Waals surface area contributed by atoms with Crippen molar-refractivity contribution in [2.45, 2.75) is 54.1 Å². The molecule has 0 aliphatic carbocycles. The molecule has 0 unspecified atom stereocenters. The van der Waals surface area contributed by atoms with Crippen molar-refractivity contribution in [3.63, 3.8) is 0 Å². The van der Waals surface area contributed by atoms with Crippen LogP contribution in [0, 0.1) is 6.92 Å². The van der Waals surface area contributed by atoms with Crippen molar-refractivity contribution in [3.8, 4) is 0 Å². The number of halogens is 1. The third kappa shape index (κ3) is 7.48. The molecule has 0 aliphatic heterocycles. The molecular formula is C17H30ClN3O2. The van der Waals surface area contributed by atoms with Crippen LogP contribution >= 0.6 is 11.6 Å². The lowest BCUT2D eigenvalue weighted by Gasteiger charge is -2.09. The molecule has 1 amide bonds. The topological polar surface area (TPSA) is 81.1 Å². The predicted octanol–water partition coefficient (Wildman–Crippen LogP) is 3.83. The SMILES string of the molecule is CC.CC.CC(C)(O)C(N)=O.Cc1ccc(Cl)c2cnn(C)c12. The van der Waals surface area contributed by atoms with Gasteiger partial charge < -0.3 is 10.8 Å². The Labute approximate surface area is 144 Å². The maximum Gasteiger partial charge on any atom is 0.248 e. The molecule has 0 bridgehead atoms. The van der Waals surface area contributed by atoms with E-state index in [1.54, 1.807) is 6.20 Å². The van der Waals surface area contributed by atoms with E-state index >= 15 is 0 Å². The quantitative estimate of drug-likeness (QED) is 0.825. The van der Waals surface area contributed by atoms with Crippen LogP contribution < -0.4 is 5.73 Å². The molecule has 0 radical (unpaired) electrons. The Balaban J connectivity index is 0. The molecular weight excluding hydrogens is 314 g/mol. The van der Waals surface area contributed by atoms with Crippen LogP contribution in [0.2, 0.25) is 5.02 Å². The number of rotatable bonds is 1. The molecule has 2 aromatic rings. The third-order valence-electron chi connectivity index (χ3n) is 2.65. The van der Waals surface area contributed by atoms with Crippen molar-refractivity contribution in [3.05, 3.63) is 28.9 Å². The molecule has 3 N–H and O–H groups in total. The zero-order chi connectivity index (χ0) is 18.8. The lowest BCUT2D eigenvalue weighted by atomic mass is 10.1. The molecule has 0 atom stereocenters. The van der Waals surface area contributed by atoms with Crippen molar-refractivity contribution >= 4 is 28.4 Å². The fourth-order valence-corrected chi connectivity index (χ4v) is 1.65. The first-order valence-electron chi connectivity index (χ1n) is 7.73. The Morgan fingerprint density at radius 3 is 2.04 bits per heavy atom. The number of aliphatic hydroxyl groups is 1. The number of nitrogens with two attached hydrogens (primary N) is 1. The Bertz CT molecular complexity index is 602. The van der Waals surface area contributed by atoms with E-state index in [1.165, 1.54) is 19.4 Å². The van der Waals surface area contributed by atoms with Crippen molar-refractivity contribution in [1.29, 1.82) is 0 Å². The highest BCUT2D eigenvalue weighted by Crippen LogP contribution is 2.25. The van der Waals surface area contributed by atoms with Gasteiger partial charge in [0.25, 0.3) is 0 Å². The van der Waals surface area contributed by atoms with Crippen LogP contribution in [-0.4, -0.2) is 26.4 Å². The van der Waals surface area contributed by atoms with Gasteiger partial charge in [0.1, 0.15) is 5.60 Å². The smallest absolute Gasteiger partial charge is 0.248 e. The largest absolute Gasteiger partial charge is 0.381 e. The van der Waals surface area contributed by atoms with Crippen LogP contribution in [0.25, 0.3) is 10.9 Å². The highest BCUT2D eigenvalue weighted by molar-refractivity contribution is 6.35. The second-order valence-corrected chi connectivity index (χ2v) is 5.23. The summed E-state index contributed by atoms with van der Waals surface area (Å²) in [5.41, 5.74) is 5.64. The predicted molar refractivity (Wildman–Crippen MR) is 98.6 cm³/mol. The fourth-order valence-electron chi connectivity index (χ4n) is 1.45. The Morgan fingerprint density at radius 1 is 1.26 bits per heavy atom. The van der Waals surface area contributed by atoms with Gasteiger partial charge in [0.05, 0.1) is 16.7 Å². The minimum Gasteiger partial charge on any atom is -0.381 e. The summed E-state index contributed by atoms with van der Waals surface area (Å²) in [4.78, 5) is 9.99. The number of aryl methyl sites for hydroxylation is 2. The zero-order valence-electron chi connectivity index (χ0n) is 15.4. The molecule has 132 valence electrons. The summed E-state index contributed by atoms with van der Waals surface area (Å²) >= 11 is 5.99. The molecule has 0 fully saturated rings. The molecule has 0 spiro atoms. The van der Waals surface area contributed by atoms with E-state index in [0.29, 0.717) is 0 Å². The number of primary amides is 1. The van der Waals surface area contributed by atoms with E-state index in [2.05, 4.69) is 17.8 Å². The lowest BCUT2D eigenvalue weighted by molar-refractivity contribution is -0.132. The van der Waals surface area contributed by atoms with Crippen LogP contribution in [0.1, 0.15) is 47.1 Å². The molecule has 23 heavy (non-hydrogen) atoms. The average molecular weight is 344 g/mol. The highest BCUT2D eigenvalue weighted by Gasteiger charge is 2.18. The number of nitrogens with zero attached hydrogens (tertiary/aromatic N) is 2. The maximum absolute atomic E-state index is 9.99. The van der Waals surface area contributed by atoms with Gasteiger partial charge in [-0.1, -0.05) is 45.4 Å². The molecule has 6 heteroatoms. The number of amides is 1. The van der Waals surface area contributed by atoms with Gasteiger partial charge in [-0.25, -0.2) is 0 Å². The highest BCUT2D eigenvalue weighted by atomic mass is 35.5. The average Bonchev–Trinajstić information content (AvgIpc) is 2.90. The number of carbonyl (C=O) groups is 1. The number of aromatic nitrogens is 2. The summed E-state index contributed by atoms with van der Waals surface area (Å²) in [6.45, 7) is 12.7. The second kappa shape index (κ2) is 11.0. The second-order valence-electron chi connectivity index (χ2n) is 4.82. The standard InChI is InChI=1S/C9H9ClN2.C4H9NO2.2C2H6/c1-6-3-4-8(10)7-5-11-12(2)9(6)7;1-4(2,7)3(5)6;2*1-2/h3-5H,1-2H3;7H,1-2H3,(H2,5,6);2*1-2H3. The first-order chi connectivity index (χ1) is 10.6. The van der Waals surface area contributed by atoms with Crippen LogP contribution in [0.3, 0.4) is 0 Å². The summed E-state index contributed by atoms with van der Waals surface area (Å²) in [5, 5.41) is 14.6. The molecule has 2 rings (SSSR count). The van der Waals surface area contributed by atoms with E-state index in [9.17, 15) is 4.79 Å². The summed E-state index contributed by atoms with van der Waals surface area (Å²) in [5.74, 6) is -0.701. The van der Waals surface area contributed by atoms with E-state index in [-0.39, 0.29) is 0 Å². The first-order valence-corrected chi connectivity index (χ1v) is 8.11. The van der Waals surface area contributed by atoms with Crippen molar-refractivity contribution in [1.82, 2.24) is 9.78 Å². The summed E-state index contributed by atoms with van der Waals surface area (Å²) < 4.78 is 1.84. The van der Waals surface area contributed by atoms with Gasteiger partial charge in [0, 0.05) is 12.4 Å². The number of hydrogen-bond donors (Lipinski definition) is 2. The van der Waals surface area contributed by atoms with Gasteiger partial charge in [-0.3, -0.25) is 9.48 Å². The van der Waals surface area contributed by atoms with Gasteiger partial charge in [-0.2, -0.15) is 5.10 Å². The Hall–Kier alpha value is -1.59. The van der Waals surface area contributed by atoms with Crippen LogP contribution in [-0.2, 0) is 11.8 Å². The molecule has 0 aliphatic rings. The summed E-state index contributed by atoms with van der Waals surface area (Å²) in [6.07, 6.45) is 1.80. The van der Waals surface area contributed by atoms with E-state index in [1.807, 2.05) is 51.6 Å². The maximum atomic E-state index is 9.99.